The zero-order chi connectivity index (χ0) is 32.9. The quantitative estimate of drug-likeness (QED) is 0.112. The Kier molecular flexibility index (Phi) is 8.87. The average molecular weight is 637 g/mol. The lowest BCUT2D eigenvalue weighted by Gasteiger charge is -2.36. The number of benzene rings is 5. The third-order valence-corrected chi connectivity index (χ3v) is 9.07. The maximum Gasteiger partial charge on any atom is 0.269 e. The first-order valence-electron chi connectivity index (χ1n) is 16.2. The molecule has 1 fully saturated rings. The minimum Gasteiger partial charge on any atom is -0.457 e. The summed E-state index contributed by atoms with van der Waals surface area (Å²) in [5, 5.41) is 12.2. The normalized spacial score (nSPS) is 13.8. The van der Waals surface area contributed by atoms with E-state index in [1.54, 1.807) is 12.1 Å². The Morgan fingerprint density at radius 1 is 0.750 bits per heavy atom. The number of para-hydroxylation sites is 2. The van der Waals surface area contributed by atoms with Gasteiger partial charge in [-0.25, -0.2) is 0 Å². The molecule has 0 spiro atoms. The first kappa shape index (κ1) is 30.7. The molecule has 240 valence electrons. The van der Waals surface area contributed by atoms with Crippen molar-refractivity contribution in [3.63, 3.8) is 0 Å². The van der Waals surface area contributed by atoms with E-state index < -0.39 is 0 Å². The van der Waals surface area contributed by atoms with E-state index in [1.165, 1.54) is 17.7 Å². The zero-order valence-electron chi connectivity index (χ0n) is 26.5. The lowest BCUT2D eigenvalue weighted by atomic mass is 9.87. The number of nitro benzene ring substituents is 1. The van der Waals surface area contributed by atoms with Gasteiger partial charge in [0.25, 0.3) is 5.69 Å². The number of rotatable bonds is 10. The Hall–Kier alpha value is -5.89. The molecule has 1 saturated heterocycles. The Morgan fingerprint density at radius 2 is 1.42 bits per heavy atom. The van der Waals surface area contributed by atoms with Crippen molar-refractivity contribution in [3.05, 3.63) is 166 Å². The van der Waals surface area contributed by atoms with Crippen LogP contribution in [0, 0.1) is 10.1 Å². The molecule has 1 aromatic heterocycles. The summed E-state index contributed by atoms with van der Waals surface area (Å²) >= 11 is 0. The summed E-state index contributed by atoms with van der Waals surface area (Å²) in [4.78, 5) is 28.9. The molecule has 1 unspecified atom stereocenters. The highest BCUT2D eigenvalue weighted by Crippen LogP contribution is 2.37. The van der Waals surface area contributed by atoms with Gasteiger partial charge in [-0.3, -0.25) is 14.9 Å². The van der Waals surface area contributed by atoms with E-state index >= 15 is 0 Å². The van der Waals surface area contributed by atoms with E-state index in [0.717, 1.165) is 45.8 Å². The molecule has 0 aliphatic carbocycles. The number of amides is 1. The van der Waals surface area contributed by atoms with Crippen LogP contribution in [0.2, 0.25) is 0 Å². The second-order valence-electron chi connectivity index (χ2n) is 12.1. The molecular weight excluding hydrogens is 600 g/mol. The Labute approximate surface area is 279 Å². The summed E-state index contributed by atoms with van der Waals surface area (Å²) in [6.07, 6.45) is 2.53. The molecule has 1 aliphatic rings. The maximum absolute atomic E-state index is 14.1. The number of carbonyl (C=O) groups is 1. The molecule has 1 amide bonds. The number of anilines is 1. The standard InChI is InChI=1S/C40H36N4O4/c45-40(42-24-22-41(23-25-42)32-18-20-33(21-19-32)44(46)47)27-37(31-12-9-15-35(26-31)48-34-13-5-2-6-14-34)38-29-43(28-30-10-3-1-4-11-30)39-17-8-7-16-36(38)39/h1-21,26,29,37H,22-25,27-28H2. The van der Waals surface area contributed by atoms with Crippen LogP contribution in [0.3, 0.4) is 0 Å². The Balaban J connectivity index is 1.18. The molecule has 2 heterocycles. The molecule has 1 atom stereocenters. The largest absolute Gasteiger partial charge is 0.457 e. The van der Waals surface area contributed by atoms with Crippen molar-refractivity contribution >= 4 is 28.2 Å². The molecule has 0 saturated carbocycles. The zero-order valence-corrected chi connectivity index (χ0v) is 26.5. The fraction of sp³-hybridized carbons (Fsp3) is 0.175. The van der Waals surface area contributed by atoms with Crippen molar-refractivity contribution in [3.8, 4) is 11.5 Å². The van der Waals surface area contributed by atoms with Crippen molar-refractivity contribution in [2.75, 3.05) is 31.1 Å². The number of aromatic nitrogens is 1. The molecule has 1 aliphatic heterocycles. The molecule has 7 rings (SSSR count). The van der Waals surface area contributed by atoms with Gasteiger partial charge in [-0.1, -0.05) is 78.9 Å². The third-order valence-electron chi connectivity index (χ3n) is 9.07. The lowest BCUT2D eigenvalue weighted by molar-refractivity contribution is -0.384. The first-order valence-corrected chi connectivity index (χ1v) is 16.2. The fourth-order valence-corrected chi connectivity index (χ4v) is 6.59. The van der Waals surface area contributed by atoms with Gasteiger partial charge in [0.1, 0.15) is 11.5 Å². The van der Waals surface area contributed by atoms with Crippen molar-refractivity contribution in [2.45, 2.75) is 18.9 Å². The van der Waals surface area contributed by atoms with Gasteiger partial charge in [-0.15, -0.1) is 0 Å². The number of hydrogen-bond donors (Lipinski definition) is 0. The van der Waals surface area contributed by atoms with E-state index in [1.807, 2.05) is 53.4 Å². The van der Waals surface area contributed by atoms with Gasteiger partial charge in [-0.2, -0.15) is 0 Å². The second kappa shape index (κ2) is 13.8. The van der Waals surface area contributed by atoms with Crippen LogP contribution in [0.5, 0.6) is 11.5 Å². The summed E-state index contributed by atoms with van der Waals surface area (Å²) in [5.41, 5.74) is 5.46. The molecule has 5 aromatic carbocycles. The first-order chi connectivity index (χ1) is 23.5. The van der Waals surface area contributed by atoms with E-state index in [2.05, 4.69) is 76.3 Å². The van der Waals surface area contributed by atoms with Crippen molar-refractivity contribution in [1.29, 1.82) is 0 Å². The Morgan fingerprint density at radius 3 is 2.15 bits per heavy atom. The molecule has 0 N–H and O–H groups in total. The van der Waals surface area contributed by atoms with Crippen LogP contribution in [0.4, 0.5) is 11.4 Å². The van der Waals surface area contributed by atoms with Crippen LogP contribution >= 0.6 is 0 Å². The van der Waals surface area contributed by atoms with E-state index in [9.17, 15) is 14.9 Å². The van der Waals surface area contributed by atoms with Gasteiger partial charge < -0.3 is 19.1 Å². The minimum atomic E-state index is -0.390. The topological polar surface area (TPSA) is 80.8 Å². The van der Waals surface area contributed by atoms with Gasteiger partial charge in [0.2, 0.25) is 5.91 Å². The van der Waals surface area contributed by atoms with E-state index in [0.29, 0.717) is 32.6 Å². The van der Waals surface area contributed by atoms with Crippen LogP contribution in [0.25, 0.3) is 10.9 Å². The number of carbonyl (C=O) groups excluding carboxylic acids is 1. The second-order valence-corrected chi connectivity index (χ2v) is 12.1. The summed E-state index contributed by atoms with van der Waals surface area (Å²) in [5.74, 6) is 1.37. The molecule has 0 radical (unpaired) electrons. The average Bonchev–Trinajstić information content (AvgIpc) is 3.49. The van der Waals surface area contributed by atoms with Crippen molar-refractivity contribution in [2.24, 2.45) is 0 Å². The maximum atomic E-state index is 14.1. The van der Waals surface area contributed by atoms with E-state index in [4.69, 9.17) is 4.74 Å². The van der Waals surface area contributed by atoms with Gasteiger partial charge in [0.15, 0.2) is 0 Å². The van der Waals surface area contributed by atoms with E-state index in [-0.39, 0.29) is 22.4 Å². The van der Waals surface area contributed by atoms with Crippen LogP contribution in [0.1, 0.15) is 29.0 Å². The number of fused-ring (bicyclic) bond motifs is 1. The lowest BCUT2D eigenvalue weighted by Crippen LogP contribution is -2.49. The van der Waals surface area contributed by atoms with Crippen molar-refractivity contribution in [1.82, 2.24) is 9.47 Å². The van der Waals surface area contributed by atoms with Gasteiger partial charge in [-0.05, 0) is 59.2 Å². The number of ether oxygens (including phenoxy) is 1. The Bertz CT molecular complexity index is 2020. The molecule has 6 aromatic rings. The summed E-state index contributed by atoms with van der Waals surface area (Å²) in [7, 11) is 0. The predicted molar refractivity (Wildman–Crippen MR) is 189 cm³/mol. The summed E-state index contributed by atoms with van der Waals surface area (Å²) in [6.45, 7) is 3.20. The summed E-state index contributed by atoms with van der Waals surface area (Å²) < 4.78 is 8.51. The number of piperazine rings is 1. The van der Waals surface area contributed by atoms with Crippen molar-refractivity contribution < 1.29 is 14.5 Å². The van der Waals surface area contributed by atoms with Crippen LogP contribution in [-0.4, -0.2) is 46.5 Å². The molecular formula is C40H36N4O4. The number of nitrogens with zero attached hydrogens (tertiary/aromatic N) is 4. The highest BCUT2D eigenvalue weighted by Gasteiger charge is 2.28. The third kappa shape index (κ3) is 6.78. The predicted octanol–water partition coefficient (Wildman–Crippen LogP) is 8.26. The summed E-state index contributed by atoms with van der Waals surface area (Å²) in [6, 6.07) is 43.3. The molecule has 8 nitrogen and oxygen atoms in total. The van der Waals surface area contributed by atoms with Gasteiger partial charge in [0.05, 0.1) is 4.92 Å². The monoisotopic (exact) mass is 636 g/mol. The highest BCUT2D eigenvalue weighted by molar-refractivity contribution is 5.87. The SMILES string of the molecule is O=C(CC(c1cccc(Oc2ccccc2)c1)c1cn(Cc2ccccc2)c2ccccc12)N1CCN(c2ccc([N+](=O)[O-])cc2)CC1. The van der Waals surface area contributed by atoms with Crippen LogP contribution in [-0.2, 0) is 11.3 Å². The minimum absolute atomic E-state index is 0.0713. The molecule has 0 bridgehead atoms. The molecule has 8 heteroatoms. The highest BCUT2D eigenvalue weighted by atomic mass is 16.6. The number of non-ortho nitro benzene ring substituents is 1. The number of hydrogen-bond acceptors (Lipinski definition) is 5. The van der Waals surface area contributed by atoms with Crippen LogP contribution < -0.4 is 9.64 Å². The number of nitro groups is 1. The molecule has 48 heavy (non-hydrogen) atoms. The van der Waals surface area contributed by atoms with Gasteiger partial charge >= 0.3 is 0 Å². The fourth-order valence-electron chi connectivity index (χ4n) is 6.59. The van der Waals surface area contributed by atoms with Gasteiger partial charge in [0, 0.05) is 80.0 Å². The van der Waals surface area contributed by atoms with Crippen LogP contribution in [0.15, 0.2) is 140 Å². The smallest absolute Gasteiger partial charge is 0.269 e.